The van der Waals surface area contributed by atoms with Gasteiger partial charge in [0.05, 0.1) is 11.4 Å². The first-order valence-electron chi connectivity index (χ1n) is 7.38. The number of unbranched alkanes of at least 4 members (excludes halogenated alkanes) is 1. The second-order valence-corrected chi connectivity index (χ2v) is 5.78. The Balaban J connectivity index is 1.86. The molecule has 3 N–H and O–H groups in total. The highest BCUT2D eigenvalue weighted by molar-refractivity contribution is 7.99. The number of thioether (sulfide) groups is 1. The van der Waals surface area contributed by atoms with Crippen molar-refractivity contribution in [3.63, 3.8) is 0 Å². The quantitative estimate of drug-likeness (QED) is 0.504. The summed E-state index contributed by atoms with van der Waals surface area (Å²) in [5.41, 5.74) is 0.651. The third-order valence-electron chi connectivity index (χ3n) is 2.94. The molecule has 1 aromatic heterocycles. The van der Waals surface area contributed by atoms with Crippen LogP contribution in [-0.2, 0) is 4.79 Å². The van der Waals surface area contributed by atoms with Gasteiger partial charge in [0.1, 0.15) is 5.75 Å². The van der Waals surface area contributed by atoms with Crippen LogP contribution in [0.25, 0.3) is 5.69 Å². The minimum Gasteiger partial charge on any atom is -0.508 e. The van der Waals surface area contributed by atoms with Crippen LogP contribution < -0.4 is 10.6 Å². The molecule has 10 heteroatoms. The van der Waals surface area contributed by atoms with E-state index in [4.69, 9.17) is 0 Å². The summed E-state index contributed by atoms with van der Waals surface area (Å²) < 4.78 is 1.44. The monoisotopic (exact) mass is 350 g/mol. The third kappa shape index (κ3) is 5.23. The molecule has 0 aliphatic rings. The minimum absolute atomic E-state index is 0.000343. The normalized spacial score (nSPS) is 10.4. The summed E-state index contributed by atoms with van der Waals surface area (Å²) in [7, 11) is 0. The fraction of sp³-hybridized carbons (Fsp3) is 0.357. The largest absolute Gasteiger partial charge is 0.508 e. The zero-order chi connectivity index (χ0) is 17.4. The number of phenolic OH excluding ortho intramolecular Hbond substituents is 1. The zero-order valence-corrected chi connectivity index (χ0v) is 13.9. The Labute approximate surface area is 142 Å². The predicted octanol–water partition coefficient (Wildman–Crippen LogP) is 1.09. The van der Waals surface area contributed by atoms with Crippen LogP contribution >= 0.6 is 11.8 Å². The molecule has 0 atom stereocenters. The van der Waals surface area contributed by atoms with Gasteiger partial charge >= 0.3 is 6.03 Å². The number of imide groups is 1. The molecular formula is C14H18N6O3S. The lowest BCUT2D eigenvalue weighted by molar-refractivity contribution is -0.117. The first-order valence-corrected chi connectivity index (χ1v) is 8.37. The number of aromatic hydroxyl groups is 1. The third-order valence-corrected chi connectivity index (χ3v) is 3.86. The van der Waals surface area contributed by atoms with Gasteiger partial charge in [0.15, 0.2) is 0 Å². The van der Waals surface area contributed by atoms with Gasteiger partial charge in [-0.3, -0.25) is 10.1 Å². The second-order valence-electron chi connectivity index (χ2n) is 4.84. The van der Waals surface area contributed by atoms with Gasteiger partial charge in [-0.2, -0.15) is 4.68 Å². The van der Waals surface area contributed by atoms with E-state index in [9.17, 15) is 14.7 Å². The van der Waals surface area contributed by atoms with Crippen molar-refractivity contribution in [3.8, 4) is 11.4 Å². The Morgan fingerprint density at radius 2 is 2.04 bits per heavy atom. The number of amides is 3. The maximum absolute atomic E-state index is 11.8. The molecule has 2 aromatic rings. The van der Waals surface area contributed by atoms with Gasteiger partial charge in [-0.05, 0) is 41.1 Å². The van der Waals surface area contributed by atoms with Crippen LogP contribution in [0.5, 0.6) is 5.75 Å². The Kier molecular flexibility index (Phi) is 6.55. The highest BCUT2D eigenvalue weighted by atomic mass is 32.2. The SMILES string of the molecule is CCCCNC(=O)NC(=O)CSc1nnnn1-c1ccc(O)cc1. The summed E-state index contributed by atoms with van der Waals surface area (Å²) in [6.07, 6.45) is 1.82. The Morgan fingerprint density at radius 3 is 2.75 bits per heavy atom. The molecule has 2 rings (SSSR count). The molecular weight excluding hydrogens is 332 g/mol. The summed E-state index contributed by atoms with van der Waals surface area (Å²) >= 11 is 1.10. The Bertz CT molecular complexity index is 688. The van der Waals surface area contributed by atoms with Crippen LogP contribution in [0.1, 0.15) is 19.8 Å². The minimum atomic E-state index is -0.507. The van der Waals surface area contributed by atoms with E-state index < -0.39 is 11.9 Å². The van der Waals surface area contributed by atoms with Crippen molar-refractivity contribution in [1.82, 2.24) is 30.8 Å². The smallest absolute Gasteiger partial charge is 0.321 e. The van der Waals surface area contributed by atoms with Crippen LogP contribution in [-0.4, -0.2) is 49.5 Å². The standard InChI is InChI=1S/C14H18N6O3S/c1-2-3-8-15-13(23)16-12(22)9-24-14-17-18-19-20(14)10-4-6-11(21)7-5-10/h4-7,21H,2-3,8-9H2,1H3,(H2,15,16,22,23). The average molecular weight is 350 g/mol. The highest BCUT2D eigenvalue weighted by Gasteiger charge is 2.13. The fourth-order valence-electron chi connectivity index (χ4n) is 1.74. The number of tetrazole rings is 1. The molecule has 0 unspecified atom stereocenters. The van der Waals surface area contributed by atoms with Crippen molar-refractivity contribution in [1.29, 1.82) is 0 Å². The molecule has 0 saturated heterocycles. The van der Waals surface area contributed by atoms with Crippen molar-refractivity contribution < 1.29 is 14.7 Å². The molecule has 0 aliphatic heterocycles. The summed E-state index contributed by atoms with van der Waals surface area (Å²) in [6, 6.07) is 5.82. The number of carbonyl (C=O) groups excluding carboxylic acids is 2. The molecule has 24 heavy (non-hydrogen) atoms. The Morgan fingerprint density at radius 1 is 1.29 bits per heavy atom. The first kappa shape index (κ1) is 17.7. The zero-order valence-electron chi connectivity index (χ0n) is 13.1. The van der Waals surface area contributed by atoms with Crippen LogP contribution in [0.2, 0.25) is 0 Å². The molecule has 0 aliphatic carbocycles. The number of urea groups is 1. The van der Waals surface area contributed by atoms with Crippen LogP contribution in [0.4, 0.5) is 4.79 Å². The van der Waals surface area contributed by atoms with Crippen molar-refractivity contribution in [3.05, 3.63) is 24.3 Å². The number of phenols is 1. The molecule has 1 aromatic carbocycles. The van der Waals surface area contributed by atoms with Gasteiger partial charge in [0, 0.05) is 6.54 Å². The number of hydrogen-bond donors (Lipinski definition) is 3. The lowest BCUT2D eigenvalue weighted by atomic mass is 10.3. The molecule has 0 fully saturated rings. The predicted molar refractivity (Wildman–Crippen MR) is 88.0 cm³/mol. The fourth-order valence-corrected chi connectivity index (χ4v) is 2.43. The van der Waals surface area contributed by atoms with E-state index in [0.717, 1.165) is 24.6 Å². The molecule has 1 heterocycles. The van der Waals surface area contributed by atoms with Crippen LogP contribution in [0, 0.1) is 0 Å². The van der Waals surface area contributed by atoms with Gasteiger partial charge in [-0.25, -0.2) is 4.79 Å². The van der Waals surface area contributed by atoms with Crippen molar-refractivity contribution >= 4 is 23.7 Å². The molecule has 3 amide bonds. The number of benzene rings is 1. The molecule has 0 bridgehead atoms. The molecule has 0 saturated carbocycles. The molecule has 0 radical (unpaired) electrons. The lowest BCUT2D eigenvalue weighted by Gasteiger charge is -2.06. The number of aromatic nitrogens is 4. The second kappa shape index (κ2) is 8.87. The highest BCUT2D eigenvalue weighted by Crippen LogP contribution is 2.19. The van der Waals surface area contributed by atoms with Crippen molar-refractivity contribution in [2.24, 2.45) is 0 Å². The van der Waals surface area contributed by atoms with Gasteiger partial charge in [-0.1, -0.05) is 25.1 Å². The first-order chi connectivity index (χ1) is 11.6. The van der Waals surface area contributed by atoms with Crippen LogP contribution in [0.3, 0.4) is 0 Å². The lowest BCUT2D eigenvalue weighted by Crippen LogP contribution is -2.40. The number of nitrogens with one attached hydrogen (secondary N) is 2. The number of hydrogen-bond acceptors (Lipinski definition) is 7. The topological polar surface area (TPSA) is 122 Å². The van der Waals surface area contributed by atoms with Crippen molar-refractivity contribution in [2.75, 3.05) is 12.3 Å². The van der Waals surface area contributed by atoms with E-state index in [1.54, 1.807) is 12.1 Å². The number of carbonyl (C=O) groups is 2. The van der Waals surface area contributed by atoms with Gasteiger partial charge in [0.25, 0.3) is 0 Å². The van der Waals surface area contributed by atoms with E-state index in [-0.39, 0.29) is 11.5 Å². The Hall–Kier alpha value is -2.62. The number of nitrogens with zero attached hydrogens (tertiary/aromatic N) is 4. The van der Waals surface area contributed by atoms with E-state index in [0.29, 0.717) is 17.4 Å². The van der Waals surface area contributed by atoms with E-state index in [1.165, 1.54) is 16.8 Å². The summed E-state index contributed by atoms with van der Waals surface area (Å²) in [6.45, 7) is 2.54. The molecule has 9 nitrogen and oxygen atoms in total. The van der Waals surface area contributed by atoms with Gasteiger partial charge in [0.2, 0.25) is 11.1 Å². The summed E-state index contributed by atoms with van der Waals surface area (Å²) in [5, 5.41) is 25.8. The van der Waals surface area contributed by atoms with Crippen molar-refractivity contribution in [2.45, 2.75) is 24.9 Å². The molecule has 128 valence electrons. The maximum atomic E-state index is 11.8. The molecule has 0 spiro atoms. The number of rotatable bonds is 7. The summed E-state index contributed by atoms with van der Waals surface area (Å²) in [5.74, 6) is -0.302. The van der Waals surface area contributed by atoms with Gasteiger partial charge in [-0.15, -0.1) is 5.10 Å². The average Bonchev–Trinajstić information content (AvgIpc) is 3.02. The van der Waals surface area contributed by atoms with Gasteiger partial charge < -0.3 is 10.4 Å². The van der Waals surface area contributed by atoms with E-state index in [1.807, 2.05) is 6.92 Å². The van der Waals surface area contributed by atoms with E-state index in [2.05, 4.69) is 26.2 Å². The van der Waals surface area contributed by atoms with Crippen LogP contribution in [0.15, 0.2) is 29.4 Å². The summed E-state index contributed by atoms with van der Waals surface area (Å²) in [4.78, 5) is 23.3. The maximum Gasteiger partial charge on any atom is 0.321 e. The van der Waals surface area contributed by atoms with E-state index >= 15 is 0 Å².